The molecule has 0 saturated carbocycles. The van der Waals surface area contributed by atoms with Crippen molar-refractivity contribution in [1.29, 1.82) is 0 Å². The zero-order chi connectivity index (χ0) is 10.3. The van der Waals surface area contributed by atoms with E-state index in [2.05, 4.69) is 22.6 Å². The van der Waals surface area contributed by atoms with Gasteiger partial charge in [-0.15, -0.1) is 0 Å². The Morgan fingerprint density at radius 2 is 1.77 bits per heavy atom. The molecular weight excluding hydrogens is 279 g/mol. The molecule has 0 bridgehead atoms. The van der Waals surface area contributed by atoms with Crippen LogP contribution in [0.2, 0.25) is 0 Å². The fourth-order valence-corrected chi connectivity index (χ4v) is 2.04. The Kier molecular flexibility index (Phi) is 7.71. The number of carbonyl (C=O) groups is 1. The second-order valence-corrected chi connectivity index (χ2v) is 4.02. The summed E-state index contributed by atoms with van der Waals surface area (Å²) in [6.07, 6.45) is 2.83. The number of esters is 1. The van der Waals surface area contributed by atoms with Crippen LogP contribution in [0.5, 0.6) is 0 Å². The van der Waals surface area contributed by atoms with E-state index in [-0.39, 0.29) is 18.0 Å². The summed E-state index contributed by atoms with van der Waals surface area (Å²) in [7, 11) is 0. The zero-order valence-electron chi connectivity index (χ0n) is 8.68. The lowest BCUT2D eigenvalue weighted by molar-refractivity contribution is -0.153. The van der Waals surface area contributed by atoms with E-state index in [0.29, 0.717) is 0 Å². The SMILES string of the molecule is CCC(CC)OC(=O)C(CC)CI. The minimum absolute atomic E-state index is 0.0226. The van der Waals surface area contributed by atoms with E-state index in [4.69, 9.17) is 4.74 Å². The Hall–Kier alpha value is 0.200. The molecule has 78 valence electrons. The molecule has 2 nitrogen and oxygen atoms in total. The van der Waals surface area contributed by atoms with Crippen LogP contribution in [0.25, 0.3) is 0 Å². The molecule has 0 aromatic heterocycles. The number of hydrogen-bond acceptors (Lipinski definition) is 2. The molecule has 0 fully saturated rings. The van der Waals surface area contributed by atoms with Crippen molar-refractivity contribution >= 4 is 28.6 Å². The Bertz CT molecular complexity index is 140. The summed E-state index contributed by atoms with van der Waals surface area (Å²) in [5.41, 5.74) is 0. The molecule has 0 aliphatic rings. The first-order valence-corrected chi connectivity index (χ1v) is 6.48. The van der Waals surface area contributed by atoms with Crippen molar-refractivity contribution in [2.24, 2.45) is 5.92 Å². The quantitative estimate of drug-likeness (QED) is 0.428. The van der Waals surface area contributed by atoms with Crippen LogP contribution in [0.3, 0.4) is 0 Å². The Morgan fingerprint density at radius 3 is 2.08 bits per heavy atom. The molecule has 0 aromatic carbocycles. The van der Waals surface area contributed by atoms with Crippen LogP contribution < -0.4 is 0 Å². The Morgan fingerprint density at radius 1 is 1.23 bits per heavy atom. The fraction of sp³-hybridized carbons (Fsp3) is 0.900. The number of ether oxygens (including phenoxy) is 1. The van der Waals surface area contributed by atoms with Gasteiger partial charge in [-0.1, -0.05) is 43.4 Å². The van der Waals surface area contributed by atoms with Crippen LogP contribution in [0.15, 0.2) is 0 Å². The van der Waals surface area contributed by atoms with Crippen molar-refractivity contribution in [3.8, 4) is 0 Å². The average Bonchev–Trinajstić information content (AvgIpc) is 2.16. The Balaban J connectivity index is 3.95. The molecule has 1 unspecified atom stereocenters. The van der Waals surface area contributed by atoms with Crippen LogP contribution in [-0.4, -0.2) is 16.5 Å². The number of halogens is 1. The highest BCUT2D eigenvalue weighted by atomic mass is 127. The fourth-order valence-electron chi connectivity index (χ4n) is 1.05. The van der Waals surface area contributed by atoms with E-state index in [1.165, 1.54) is 0 Å². The molecule has 0 amide bonds. The number of hydrogen-bond donors (Lipinski definition) is 0. The molecule has 0 heterocycles. The van der Waals surface area contributed by atoms with E-state index in [1.807, 2.05) is 20.8 Å². The van der Waals surface area contributed by atoms with E-state index < -0.39 is 0 Å². The van der Waals surface area contributed by atoms with E-state index >= 15 is 0 Å². The van der Waals surface area contributed by atoms with Gasteiger partial charge in [0.2, 0.25) is 0 Å². The lowest BCUT2D eigenvalue weighted by Gasteiger charge is -2.17. The predicted molar refractivity (Wildman–Crippen MR) is 63.1 cm³/mol. The largest absolute Gasteiger partial charge is 0.462 e. The standard InChI is InChI=1S/C10H19IO2/c1-4-8(7-11)10(12)13-9(5-2)6-3/h8-9H,4-7H2,1-3H3. The molecule has 0 N–H and O–H groups in total. The summed E-state index contributed by atoms with van der Waals surface area (Å²) in [5.74, 6) is 0.0619. The zero-order valence-corrected chi connectivity index (χ0v) is 10.8. The number of rotatable bonds is 6. The lowest BCUT2D eigenvalue weighted by Crippen LogP contribution is -2.24. The smallest absolute Gasteiger partial charge is 0.309 e. The van der Waals surface area contributed by atoms with E-state index in [9.17, 15) is 4.79 Å². The maximum absolute atomic E-state index is 11.5. The maximum atomic E-state index is 11.5. The minimum Gasteiger partial charge on any atom is -0.462 e. The van der Waals surface area contributed by atoms with Crippen LogP contribution in [-0.2, 0) is 9.53 Å². The summed E-state index contributed by atoms with van der Waals surface area (Å²) in [6, 6.07) is 0. The van der Waals surface area contributed by atoms with Gasteiger partial charge in [0.05, 0.1) is 5.92 Å². The number of carbonyl (C=O) groups excluding carboxylic acids is 1. The van der Waals surface area contributed by atoms with Crippen LogP contribution in [0.4, 0.5) is 0 Å². The lowest BCUT2D eigenvalue weighted by atomic mass is 10.1. The van der Waals surface area contributed by atoms with Crippen LogP contribution >= 0.6 is 22.6 Å². The minimum atomic E-state index is -0.0226. The highest BCUT2D eigenvalue weighted by Gasteiger charge is 2.19. The molecule has 0 radical (unpaired) electrons. The molecule has 0 saturated heterocycles. The van der Waals surface area contributed by atoms with E-state index in [0.717, 1.165) is 23.7 Å². The van der Waals surface area contributed by atoms with Gasteiger partial charge in [-0.05, 0) is 19.3 Å². The van der Waals surface area contributed by atoms with Gasteiger partial charge >= 0.3 is 5.97 Å². The van der Waals surface area contributed by atoms with Gasteiger partial charge in [0.25, 0.3) is 0 Å². The van der Waals surface area contributed by atoms with Gasteiger partial charge in [0.15, 0.2) is 0 Å². The summed E-state index contributed by atoms with van der Waals surface area (Å²) in [4.78, 5) is 11.5. The molecule has 0 aliphatic carbocycles. The second-order valence-electron chi connectivity index (χ2n) is 3.13. The van der Waals surface area contributed by atoms with Gasteiger partial charge < -0.3 is 4.74 Å². The molecule has 0 aromatic rings. The predicted octanol–water partition coefficient (Wildman–Crippen LogP) is 3.18. The molecular formula is C10H19IO2. The molecule has 13 heavy (non-hydrogen) atoms. The normalized spacial score (nSPS) is 13.0. The van der Waals surface area contributed by atoms with Gasteiger partial charge in [-0.3, -0.25) is 4.79 Å². The molecule has 0 aliphatic heterocycles. The third-order valence-corrected chi connectivity index (χ3v) is 3.27. The van der Waals surface area contributed by atoms with Crippen molar-refractivity contribution < 1.29 is 9.53 Å². The van der Waals surface area contributed by atoms with Crippen LogP contribution in [0, 0.1) is 5.92 Å². The molecule has 0 spiro atoms. The summed E-state index contributed by atoms with van der Waals surface area (Å²) in [5, 5.41) is 0. The average molecular weight is 298 g/mol. The first kappa shape index (κ1) is 13.2. The molecule has 1 atom stereocenters. The van der Waals surface area contributed by atoms with Crippen LogP contribution in [0.1, 0.15) is 40.0 Å². The van der Waals surface area contributed by atoms with Crippen molar-refractivity contribution in [3.63, 3.8) is 0 Å². The second kappa shape index (κ2) is 7.59. The van der Waals surface area contributed by atoms with Gasteiger partial charge in [0, 0.05) is 4.43 Å². The first-order chi connectivity index (χ1) is 6.19. The van der Waals surface area contributed by atoms with Crippen molar-refractivity contribution in [3.05, 3.63) is 0 Å². The summed E-state index contributed by atoms with van der Waals surface area (Å²) < 4.78 is 6.20. The molecule has 0 rings (SSSR count). The summed E-state index contributed by atoms with van der Waals surface area (Å²) >= 11 is 2.23. The van der Waals surface area contributed by atoms with Crippen molar-refractivity contribution in [2.45, 2.75) is 46.1 Å². The molecule has 3 heteroatoms. The highest BCUT2D eigenvalue weighted by molar-refractivity contribution is 14.1. The summed E-state index contributed by atoms with van der Waals surface area (Å²) in [6.45, 7) is 6.12. The topological polar surface area (TPSA) is 26.3 Å². The van der Waals surface area contributed by atoms with Gasteiger partial charge in [-0.25, -0.2) is 0 Å². The third kappa shape index (κ3) is 4.84. The number of alkyl halides is 1. The highest BCUT2D eigenvalue weighted by Crippen LogP contribution is 2.12. The maximum Gasteiger partial charge on any atom is 0.309 e. The van der Waals surface area contributed by atoms with E-state index in [1.54, 1.807) is 0 Å². The van der Waals surface area contributed by atoms with Crippen molar-refractivity contribution in [2.75, 3.05) is 4.43 Å². The van der Waals surface area contributed by atoms with Gasteiger partial charge in [-0.2, -0.15) is 0 Å². The van der Waals surface area contributed by atoms with Crippen molar-refractivity contribution in [1.82, 2.24) is 0 Å². The van der Waals surface area contributed by atoms with Gasteiger partial charge in [0.1, 0.15) is 6.10 Å². The Labute approximate surface area is 94.6 Å². The third-order valence-electron chi connectivity index (χ3n) is 2.21. The monoisotopic (exact) mass is 298 g/mol. The first-order valence-electron chi connectivity index (χ1n) is 4.95.